The molecule has 0 aromatic heterocycles. The van der Waals surface area contributed by atoms with Gasteiger partial charge in [0.15, 0.2) is 0 Å². The summed E-state index contributed by atoms with van der Waals surface area (Å²) in [6.07, 6.45) is 0.102. The lowest BCUT2D eigenvalue weighted by Gasteiger charge is -2.58. The quantitative estimate of drug-likeness (QED) is 0.718. The van der Waals surface area contributed by atoms with E-state index < -0.39 is 12.5 Å². The van der Waals surface area contributed by atoms with Crippen LogP contribution in [0.1, 0.15) is 12.8 Å². The van der Waals surface area contributed by atoms with E-state index >= 15 is 0 Å². The first-order valence-electron chi connectivity index (χ1n) is 5.53. The van der Waals surface area contributed by atoms with Crippen LogP contribution in [0.25, 0.3) is 0 Å². The van der Waals surface area contributed by atoms with Crippen molar-refractivity contribution in [3.63, 3.8) is 0 Å². The van der Waals surface area contributed by atoms with Crippen LogP contribution < -0.4 is 5.32 Å². The number of nitrogens with one attached hydrogen (secondary N) is 1. The fourth-order valence-corrected chi connectivity index (χ4v) is 2.86. The van der Waals surface area contributed by atoms with Crippen LogP contribution in [0.3, 0.4) is 0 Å². The summed E-state index contributed by atoms with van der Waals surface area (Å²) in [6, 6.07) is -0.917. The maximum absolute atomic E-state index is 13.0. The van der Waals surface area contributed by atoms with E-state index in [2.05, 4.69) is 11.9 Å². The highest BCUT2D eigenvalue weighted by atomic mass is 19.3. The van der Waals surface area contributed by atoms with E-state index in [-0.39, 0.29) is 11.3 Å². The molecule has 0 radical (unpaired) electrons. The van der Waals surface area contributed by atoms with E-state index in [0.29, 0.717) is 6.54 Å². The third kappa shape index (κ3) is 1.63. The van der Waals surface area contributed by atoms with Gasteiger partial charge in [0.25, 0.3) is 6.43 Å². The Bertz CT molecular complexity index is 300. The summed E-state index contributed by atoms with van der Waals surface area (Å²) in [5.74, 6) is -0.380. The maximum Gasteiger partial charge on any atom is 0.259 e. The molecular weight excluding hydrogens is 214 g/mol. The molecule has 0 aliphatic carbocycles. The molecule has 16 heavy (non-hydrogen) atoms. The molecule has 2 aliphatic rings. The molecule has 0 aromatic rings. The predicted octanol–water partition coefficient (Wildman–Crippen LogP) is 1.02. The topological polar surface area (TPSA) is 32.3 Å². The SMILES string of the molecule is C=CC(=O)N1CC2(CCNCC2)[C@H]1C(F)F. The fraction of sp³-hybridized carbons (Fsp3) is 0.727. The Morgan fingerprint density at radius 2 is 2.12 bits per heavy atom. The Labute approximate surface area is 93.5 Å². The number of hydrogen-bond acceptors (Lipinski definition) is 2. The molecule has 1 N–H and O–H groups in total. The third-order valence-electron chi connectivity index (χ3n) is 3.74. The van der Waals surface area contributed by atoms with Crippen molar-refractivity contribution in [2.45, 2.75) is 25.3 Å². The van der Waals surface area contributed by atoms with Crippen molar-refractivity contribution >= 4 is 5.91 Å². The molecule has 2 saturated heterocycles. The van der Waals surface area contributed by atoms with E-state index in [9.17, 15) is 13.6 Å². The number of hydrogen-bond donors (Lipinski definition) is 1. The molecule has 0 unspecified atom stereocenters. The number of alkyl halides is 2. The molecule has 0 aromatic carbocycles. The minimum absolute atomic E-state index is 0.363. The number of carbonyl (C=O) groups excluding carboxylic acids is 1. The van der Waals surface area contributed by atoms with Crippen molar-refractivity contribution in [2.24, 2.45) is 5.41 Å². The summed E-state index contributed by atoms with van der Waals surface area (Å²) in [6.45, 7) is 5.32. The van der Waals surface area contributed by atoms with Gasteiger partial charge in [0.1, 0.15) is 6.04 Å². The number of halogens is 2. The molecule has 90 valence electrons. The van der Waals surface area contributed by atoms with Gasteiger partial charge in [-0.2, -0.15) is 0 Å². The average Bonchev–Trinajstić information content (AvgIpc) is 2.25. The van der Waals surface area contributed by atoms with Crippen LogP contribution in [0.15, 0.2) is 12.7 Å². The predicted molar refractivity (Wildman–Crippen MR) is 56.2 cm³/mol. The lowest BCUT2D eigenvalue weighted by Crippen LogP contribution is -2.70. The van der Waals surface area contributed by atoms with Gasteiger partial charge in [-0.1, -0.05) is 6.58 Å². The first-order valence-corrected chi connectivity index (χ1v) is 5.53. The zero-order chi connectivity index (χ0) is 11.8. The van der Waals surface area contributed by atoms with Gasteiger partial charge in [0.05, 0.1) is 0 Å². The summed E-state index contributed by atoms with van der Waals surface area (Å²) in [4.78, 5) is 12.6. The highest BCUT2D eigenvalue weighted by molar-refractivity contribution is 5.88. The molecule has 2 rings (SSSR count). The van der Waals surface area contributed by atoms with Crippen molar-refractivity contribution in [1.82, 2.24) is 10.2 Å². The number of piperidine rings is 1. The largest absolute Gasteiger partial charge is 0.329 e. The average molecular weight is 230 g/mol. The van der Waals surface area contributed by atoms with Crippen LogP contribution in [-0.2, 0) is 4.79 Å². The van der Waals surface area contributed by atoms with Crippen molar-refractivity contribution in [1.29, 1.82) is 0 Å². The van der Waals surface area contributed by atoms with Gasteiger partial charge >= 0.3 is 0 Å². The van der Waals surface area contributed by atoms with Gasteiger partial charge in [-0.3, -0.25) is 4.79 Å². The van der Waals surface area contributed by atoms with Gasteiger partial charge in [0, 0.05) is 12.0 Å². The van der Waals surface area contributed by atoms with E-state index in [1.54, 1.807) is 0 Å². The normalized spacial score (nSPS) is 27.9. The summed E-state index contributed by atoms with van der Waals surface area (Å²) in [5.41, 5.74) is -0.363. The molecule has 0 saturated carbocycles. The Kier molecular flexibility index (Phi) is 2.97. The second-order valence-corrected chi connectivity index (χ2v) is 4.56. The lowest BCUT2D eigenvalue weighted by atomic mass is 9.65. The molecule has 2 heterocycles. The van der Waals surface area contributed by atoms with Crippen molar-refractivity contribution in [2.75, 3.05) is 19.6 Å². The van der Waals surface area contributed by atoms with Crippen molar-refractivity contribution < 1.29 is 13.6 Å². The first kappa shape index (κ1) is 11.5. The number of rotatable bonds is 2. The van der Waals surface area contributed by atoms with Crippen LogP contribution in [0.4, 0.5) is 8.78 Å². The number of carbonyl (C=O) groups is 1. The molecule has 0 bridgehead atoms. The minimum Gasteiger partial charge on any atom is -0.329 e. The molecule has 2 fully saturated rings. The summed E-state index contributed by atoms with van der Waals surface area (Å²) < 4.78 is 26.0. The van der Waals surface area contributed by atoms with Gasteiger partial charge in [-0.15, -0.1) is 0 Å². The van der Waals surface area contributed by atoms with Gasteiger partial charge in [0.2, 0.25) is 5.91 Å². The van der Waals surface area contributed by atoms with Crippen LogP contribution in [0.5, 0.6) is 0 Å². The summed E-state index contributed by atoms with van der Waals surface area (Å²) in [7, 11) is 0. The Balaban J connectivity index is 2.13. The second kappa shape index (κ2) is 4.13. The number of amides is 1. The van der Waals surface area contributed by atoms with Crippen LogP contribution in [-0.4, -0.2) is 42.9 Å². The fourth-order valence-electron chi connectivity index (χ4n) is 2.86. The number of likely N-dealkylation sites (tertiary alicyclic amines) is 1. The van der Waals surface area contributed by atoms with E-state index in [1.807, 2.05) is 0 Å². The monoisotopic (exact) mass is 230 g/mol. The zero-order valence-corrected chi connectivity index (χ0v) is 9.09. The number of nitrogens with zero attached hydrogens (tertiary/aromatic N) is 1. The maximum atomic E-state index is 13.0. The zero-order valence-electron chi connectivity index (χ0n) is 9.09. The molecule has 1 spiro atoms. The molecule has 3 nitrogen and oxygen atoms in total. The molecular formula is C11H16F2N2O. The van der Waals surface area contributed by atoms with E-state index in [0.717, 1.165) is 32.0 Å². The van der Waals surface area contributed by atoms with Crippen LogP contribution >= 0.6 is 0 Å². The molecule has 5 heteroatoms. The first-order chi connectivity index (χ1) is 7.60. The van der Waals surface area contributed by atoms with Crippen LogP contribution in [0.2, 0.25) is 0 Å². The van der Waals surface area contributed by atoms with Crippen LogP contribution in [0, 0.1) is 5.41 Å². The Morgan fingerprint density at radius 3 is 2.62 bits per heavy atom. The van der Waals surface area contributed by atoms with E-state index in [4.69, 9.17) is 0 Å². The highest BCUT2D eigenvalue weighted by Gasteiger charge is 2.57. The summed E-state index contributed by atoms with van der Waals surface area (Å²) in [5, 5.41) is 3.16. The van der Waals surface area contributed by atoms with Crippen molar-refractivity contribution in [3.05, 3.63) is 12.7 Å². The van der Waals surface area contributed by atoms with Crippen molar-refractivity contribution in [3.8, 4) is 0 Å². The van der Waals surface area contributed by atoms with Gasteiger partial charge in [-0.25, -0.2) is 8.78 Å². The third-order valence-corrected chi connectivity index (χ3v) is 3.74. The molecule has 1 amide bonds. The highest BCUT2D eigenvalue weighted by Crippen LogP contribution is 2.47. The lowest BCUT2D eigenvalue weighted by molar-refractivity contribution is -0.175. The Hall–Kier alpha value is -0.970. The standard InChI is InChI=1S/C11H16F2N2O/c1-2-8(16)15-7-11(9(15)10(12)13)3-5-14-6-4-11/h2,9-10,14H,1,3-7H2/t9-/m1/s1. The smallest absolute Gasteiger partial charge is 0.259 e. The summed E-state index contributed by atoms with van der Waals surface area (Å²) >= 11 is 0. The minimum atomic E-state index is -2.46. The molecule has 1 atom stereocenters. The van der Waals surface area contributed by atoms with Gasteiger partial charge in [-0.05, 0) is 32.0 Å². The Morgan fingerprint density at radius 1 is 1.50 bits per heavy atom. The van der Waals surface area contributed by atoms with E-state index in [1.165, 1.54) is 4.90 Å². The second-order valence-electron chi connectivity index (χ2n) is 4.56. The molecule has 2 aliphatic heterocycles. The van der Waals surface area contributed by atoms with Gasteiger partial charge < -0.3 is 10.2 Å².